The fraction of sp³-hybridized carbons (Fsp3) is 0.222. The zero-order chi connectivity index (χ0) is 23.2. The van der Waals surface area contributed by atoms with Crippen LogP contribution in [0.2, 0.25) is 0 Å². The van der Waals surface area contributed by atoms with Crippen LogP contribution in [-0.4, -0.2) is 30.8 Å². The highest BCUT2D eigenvalue weighted by Crippen LogP contribution is 2.29. The van der Waals surface area contributed by atoms with Crippen LogP contribution in [0.1, 0.15) is 34.8 Å². The number of para-hydroxylation sites is 1. The fourth-order valence-corrected chi connectivity index (χ4v) is 4.28. The van der Waals surface area contributed by atoms with Crippen molar-refractivity contribution in [2.45, 2.75) is 32.4 Å². The topological polar surface area (TPSA) is 78.5 Å². The summed E-state index contributed by atoms with van der Waals surface area (Å²) < 4.78 is 0. The maximum absolute atomic E-state index is 13.2. The first-order valence-corrected chi connectivity index (χ1v) is 11.2. The lowest BCUT2D eigenvalue weighted by atomic mass is 9.98. The van der Waals surface area contributed by atoms with Gasteiger partial charge in [-0.25, -0.2) is 0 Å². The summed E-state index contributed by atoms with van der Waals surface area (Å²) in [5, 5.41) is 5.53. The average molecular weight is 442 g/mol. The van der Waals surface area contributed by atoms with Gasteiger partial charge in [0.05, 0.1) is 6.54 Å². The number of carbonyl (C=O) groups excluding carboxylic acids is 3. The van der Waals surface area contributed by atoms with E-state index in [9.17, 15) is 14.4 Å². The van der Waals surface area contributed by atoms with Crippen LogP contribution in [0.25, 0.3) is 11.1 Å². The third-order valence-corrected chi connectivity index (χ3v) is 5.93. The summed E-state index contributed by atoms with van der Waals surface area (Å²) in [6.45, 7) is 2.86. The number of nitrogens with zero attached hydrogens (tertiary/aromatic N) is 1. The van der Waals surface area contributed by atoms with E-state index >= 15 is 0 Å². The van der Waals surface area contributed by atoms with Gasteiger partial charge in [-0.2, -0.15) is 0 Å². The van der Waals surface area contributed by atoms with Gasteiger partial charge in [0.1, 0.15) is 6.04 Å². The van der Waals surface area contributed by atoms with Crippen molar-refractivity contribution in [2.24, 2.45) is 0 Å². The third kappa shape index (κ3) is 4.80. The van der Waals surface area contributed by atoms with Crippen molar-refractivity contribution < 1.29 is 14.4 Å². The number of hydrogen-bond acceptors (Lipinski definition) is 3. The zero-order valence-electron chi connectivity index (χ0n) is 18.6. The number of anilines is 1. The Morgan fingerprint density at radius 3 is 2.52 bits per heavy atom. The molecule has 0 aromatic heterocycles. The minimum Gasteiger partial charge on any atom is -0.352 e. The summed E-state index contributed by atoms with van der Waals surface area (Å²) in [6, 6.07) is 22.8. The molecule has 3 aromatic carbocycles. The van der Waals surface area contributed by atoms with Crippen LogP contribution >= 0.6 is 0 Å². The summed E-state index contributed by atoms with van der Waals surface area (Å²) in [7, 11) is 0. The molecule has 168 valence electrons. The molecule has 0 saturated carbocycles. The molecule has 0 bridgehead atoms. The Hall–Kier alpha value is -3.93. The molecule has 0 aliphatic carbocycles. The molecule has 1 heterocycles. The lowest BCUT2D eigenvalue weighted by molar-refractivity contribution is -0.123. The lowest BCUT2D eigenvalue weighted by Gasteiger charge is -2.26. The molecule has 3 aromatic rings. The van der Waals surface area contributed by atoms with Gasteiger partial charge in [0.25, 0.3) is 5.91 Å². The second-order valence-electron chi connectivity index (χ2n) is 8.03. The number of nitrogens with one attached hydrogen (secondary N) is 2. The van der Waals surface area contributed by atoms with E-state index in [1.54, 1.807) is 4.90 Å². The van der Waals surface area contributed by atoms with Crippen LogP contribution in [-0.2, 0) is 22.6 Å². The molecular weight excluding hydrogens is 414 g/mol. The van der Waals surface area contributed by atoms with Gasteiger partial charge in [-0.1, -0.05) is 60.7 Å². The molecular formula is C27H27N3O3. The van der Waals surface area contributed by atoms with Crippen LogP contribution in [0.5, 0.6) is 0 Å². The van der Waals surface area contributed by atoms with E-state index in [1.807, 2.05) is 79.7 Å². The summed E-state index contributed by atoms with van der Waals surface area (Å²) in [6.07, 6.45) is 1.89. The van der Waals surface area contributed by atoms with Gasteiger partial charge >= 0.3 is 0 Å². The number of fused-ring (bicyclic) bond motifs is 1. The SMILES string of the molecule is CCNC(=O)c1ccccc1-c1ccc(CN2C(=O)[C@H](NC=O)CCc3ccccc32)cc1. The summed E-state index contributed by atoms with van der Waals surface area (Å²) in [4.78, 5) is 38.5. The Balaban J connectivity index is 1.62. The standard InChI is InChI=1S/C27H27N3O3/c1-2-28-26(32)23-9-5-4-8-22(23)20-13-11-19(12-14-20)17-30-25-10-6-3-7-21(25)15-16-24(27(30)33)29-18-31/h3-14,18,24H,2,15-17H2,1H3,(H,28,32)(H,29,31)/t24-/m1/s1. The van der Waals surface area contributed by atoms with Gasteiger partial charge in [0.15, 0.2) is 0 Å². The quantitative estimate of drug-likeness (QED) is 0.549. The van der Waals surface area contributed by atoms with Gasteiger partial charge in [-0.05, 0) is 54.2 Å². The molecule has 0 fully saturated rings. The largest absolute Gasteiger partial charge is 0.352 e. The predicted molar refractivity (Wildman–Crippen MR) is 129 cm³/mol. The Bertz CT molecular complexity index is 1160. The normalized spacial score (nSPS) is 15.4. The van der Waals surface area contributed by atoms with Crippen LogP contribution in [0.15, 0.2) is 72.8 Å². The first kappa shape index (κ1) is 22.3. The first-order chi connectivity index (χ1) is 16.1. The Kier molecular flexibility index (Phi) is 6.83. The maximum Gasteiger partial charge on any atom is 0.251 e. The number of rotatable bonds is 7. The fourth-order valence-electron chi connectivity index (χ4n) is 4.28. The van der Waals surface area contributed by atoms with Gasteiger partial charge in [0, 0.05) is 17.8 Å². The van der Waals surface area contributed by atoms with Gasteiger partial charge in [0.2, 0.25) is 12.3 Å². The number of carbonyl (C=O) groups is 3. The molecule has 6 heteroatoms. The molecule has 2 N–H and O–H groups in total. The van der Waals surface area contributed by atoms with E-state index in [-0.39, 0.29) is 11.8 Å². The summed E-state index contributed by atoms with van der Waals surface area (Å²) in [5.74, 6) is -0.213. The smallest absolute Gasteiger partial charge is 0.251 e. The van der Waals surface area contributed by atoms with Crippen molar-refractivity contribution in [2.75, 3.05) is 11.4 Å². The van der Waals surface area contributed by atoms with E-state index in [0.717, 1.165) is 34.4 Å². The van der Waals surface area contributed by atoms with Crippen LogP contribution in [0, 0.1) is 0 Å². The van der Waals surface area contributed by atoms with E-state index in [0.29, 0.717) is 31.5 Å². The van der Waals surface area contributed by atoms with E-state index in [4.69, 9.17) is 0 Å². The summed E-state index contributed by atoms with van der Waals surface area (Å²) >= 11 is 0. The van der Waals surface area contributed by atoms with Gasteiger partial charge < -0.3 is 15.5 Å². The average Bonchev–Trinajstić information content (AvgIpc) is 2.97. The monoisotopic (exact) mass is 441 g/mol. The number of aryl methyl sites for hydroxylation is 1. The van der Waals surface area contributed by atoms with Crippen molar-refractivity contribution in [3.63, 3.8) is 0 Å². The summed E-state index contributed by atoms with van der Waals surface area (Å²) in [5.41, 5.74) is 5.36. The van der Waals surface area contributed by atoms with Gasteiger partial charge in [-0.15, -0.1) is 0 Å². The number of benzene rings is 3. The van der Waals surface area contributed by atoms with Crippen molar-refractivity contribution in [1.29, 1.82) is 0 Å². The predicted octanol–water partition coefficient (Wildman–Crippen LogP) is 3.70. The van der Waals surface area contributed by atoms with E-state index in [1.165, 1.54) is 0 Å². The van der Waals surface area contributed by atoms with Crippen molar-refractivity contribution in [3.8, 4) is 11.1 Å². The van der Waals surface area contributed by atoms with Gasteiger partial charge in [-0.3, -0.25) is 14.4 Å². The zero-order valence-corrected chi connectivity index (χ0v) is 18.6. The molecule has 0 saturated heterocycles. The lowest BCUT2D eigenvalue weighted by Crippen LogP contribution is -2.45. The molecule has 0 radical (unpaired) electrons. The molecule has 1 aliphatic heterocycles. The highest BCUT2D eigenvalue weighted by atomic mass is 16.2. The molecule has 1 atom stereocenters. The van der Waals surface area contributed by atoms with Crippen LogP contribution < -0.4 is 15.5 Å². The van der Waals surface area contributed by atoms with Crippen LogP contribution in [0.3, 0.4) is 0 Å². The Morgan fingerprint density at radius 1 is 1.03 bits per heavy atom. The number of hydrogen-bond donors (Lipinski definition) is 2. The highest BCUT2D eigenvalue weighted by Gasteiger charge is 2.30. The van der Waals surface area contributed by atoms with Crippen molar-refractivity contribution in [3.05, 3.63) is 89.5 Å². The highest BCUT2D eigenvalue weighted by molar-refractivity contribution is 6.01. The molecule has 0 unspecified atom stereocenters. The second-order valence-corrected chi connectivity index (χ2v) is 8.03. The molecule has 1 aliphatic rings. The third-order valence-electron chi connectivity index (χ3n) is 5.93. The first-order valence-electron chi connectivity index (χ1n) is 11.2. The Morgan fingerprint density at radius 2 is 1.76 bits per heavy atom. The second kappa shape index (κ2) is 10.1. The maximum atomic E-state index is 13.2. The molecule has 33 heavy (non-hydrogen) atoms. The van der Waals surface area contributed by atoms with E-state index in [2.05, 4.69) is 10.6 Å². The molecule has 6 nitrogen and oxygen atoms in total. The number of amides is 3. The Labute approximate surface area is 193 Å². The van der Waals surface area contributed by atoms with Crippen molar-refractivity contribution >= 4 is 23.9 Å². The van der Waals surface area contributed by atoms with E-state index < -0.39 is 6.04 Å². The molecule has 0 spiro atoms. The van der Waals surface area contributed by atoms with Crippen molar-refractivity contribution in [1.82, 2.24) is 10.6 Å². The van der Waals surface area contributed by atoms with Crippen LogP contribution in [0.4, 0.5) is 5.69 Å². The molecule has 4 rings (SSSR count). The minimum atomic E-state index is -0.543. The molecule has 3 amide bonds. The minimum absolute atomic E-state index is 0.0994.